The zero-order chi connectivity index (χ0) is 39.3. The van der Waals surface area contributed by atoms with Crippen molar-refractivity contribution in [2.45, 2.75) is 123 Å². The van der Waals surface area contributed by atoms with Crippen LogP contribution in [0.25, 0.3) is 10.1 Å². The molecule has 3 aromatic rings. The molecule has 1 aromatic carbocycles. The monoisotopic (exact) mass is 795 g/mol. The number of aliphatic hydroxyl groups is 2. The summed E-state index contributed by atoms with van der Waals surface area (Å²) < 4.78 is 7.63. The summed E-state index contributed by atoms with van der Waals surface area (Å²) in [5.41, 5.74) is -1.85. The first-order valence-corrected chi connectivity index (χ1v) is 23.3. The maximum absolute atomic E-state index is 15.2. The molecule has 8 heteroatoms. The molecule has 2 bridgehead atoms. The molecule has 300 valence electrons. The Morgan fingerprint density at radius 1 is 0.964 bits per heavy atom. The van der Waals surface area contributed by atoms with Crippen LogP contribution in [0.3, 0.4) is 0 Å². The number of aliphatic hydroxyl groups excluding tert-OH is 1. The SMILES string of the molecule is CC1CCC(C(C)C)C(OC(=O)N(CCc2cccs2)CC2(O)CCC3C45C=CC6(C=C4C(=O)c4cc7ccccc7s4)CC(O)CCC6(C)C5CCC32C)C1. The number of amides is 1. The number of nitrogens with zero attached hydrogens (tertiary/aromatic N) is 1. The standard InChI is InChI=1S/C48H61NO5S2/c1-30(2)35-13-12-31(3)25-37(35)54-43(52)49(23-17-34-10-8-24-55-34)29-47(53)20-16-41-45(47,5)19-15-40-44(4)18-14-33(50)27-46(44)21-22-48(40,41)36(28-46)42(51)39-26-32-9-6-7-11-38(32)56-39/h6-11,21-22,24,26,28,30-31,33,35,37,40-41,50,53H,12-20,23,25,27,29H2,1-5H3. The van der Waals surface area contributed by atoms with Crippen LogP contribution in [0.15, 0.2) is 71.6 Å². The van der Waals surface area contributed by atoms with Gasteiger partial charge in [-0.05, 0) is 128 Å². The summed E-state index contributed by atoms with van der Waals surface area (Å²) in [6.45, 7) is 12.2. The zero-order valence-electron chi connectivity index (χ0n) is 34.0. The molecule has 0 radical (unpaired) electrons. The van der Waals surface area contributed by atoms with Gasteiger partial charge < -0.3 is 19.8 Å². The second-order valence-electron chi connectivity index (χ2n) is 19.8. The Labute approximate surface area is 341 Å². The largest absolute Gasteiger partial charge is 0.446 e. The van der Waals surface area contributed by atoms with Gasteiger partial charge in [0, 0.05) is 37.9 Å². The summed E-state index contributed by atoms with van der Waals surface area (Å²) in [4.78, 5) is 33.5. The van der Waals surface area contributed by atoms with E-state index in [9.17, 15) is 15.0 Å². The first-order valence-electron chi connectivity index (χ1n) is 21.6. The van der Waals surface area contributed by atoms with Crippen LogP contribution < -0.4 is 0 Å². The highest BCUT2D eigenvalue weighted by Crippen LogP contribution is 2.78. The number of ketones is 1. The van der Waals surface area contributed by atoms with Crippen LogP contribution in [-0.2, 0) is 11.2 Å². The predicted molar refractivity (Wildman–Crippen MR) is 226 cm³/mol. The van der Waals surface area contributed by atoms with Crippen molar-refractivity contribution >= 4 is 44.6 Å². The number of benzene rings is 1. The van der Waals surface area contributed by atoms with Gasteiger partial charge in [0.15, 0.2) is 5.78 Å². The Kier molecular flexibility index (Phi) is 9.62. The lowest BCUT2D eigenvalue weighted by Crippen LogP contribution is -2.67. The number of ether oxygens (including phenoxy) is 1. The third-order valence-electron chi connectivity index (χ3n) is 16.7. The van der Waals surface area contributed by atoms with Crippen molar-refractivity contribution < 1.29 is 24.5 Å². The van der Waals surface area contributed by atoms with Gasteiger partial charge >= 0.3 is 6.09 Å². The number of carbonyl (C=O) groups is 2. The van der Waals surface area contributed by atoms with E-state index >= 15 is 4.79 Å². The highest BCUT2D eigenvalue weighted by molar-refractivity contribution is 7.21. The van der Waals surface area contributed by atoms with Crippen molar-refractivity contribution in [2.75, 3.05) is 13.1 Å². The Morgan fingerprint density at radius 3 is 2.50 bits per heavy atom. The normalized spacial score (nSPS) is 39.9. The average Bonchev–Trinajstić information content (AvgIpc) is 3.91. The number of thiophene rings is 2. The number of hydrogen-bond donors (Lipinski definition) is 2. The topological polar surface area (TPSA) is 87.1 Å². The number of allylic oxidation sites excluding steroid dienone is 4. The van der Waals surface area contributed by atoms with E-state index in [1.807, 2.05) is 17.0 Å². The van der Waals surface area contributed by atoms with Crippen LogP contribution in [0.2, 0.25) is 0 Å². The molecular formula is C48H61NO5S2. The van der Waals surface area contributed by atoms with Crippen molar-refractivity contribution in [3.8, 4) is 0 Å². The molecule has 56 heavy (non-hydrogen) atoms. The van der Waals surface area contributed by atoms with Gasteiger partial charge in [0.05, 0.1) is 23.1 Å². The van der Waals surface area contributed by atoms with Gasteiger partial charge in [-0.2, -0.15) is 0 Å². The second-order valence-corrected chi connectivity index (χ2v) is 21.9. The number of hydrogen-bond acceptors (Lipinski definition) is 7. The molecule has 11 atom stereocenters. The fourth-order valence-corrected chi connectivity index (χ4v) is 15.2. The lowest BCUT2D eigenvalue weighted by molar-refractivity contribution is -0.175. The minimum Gasteiger partial charge on any atom is -0.446 e. The van der Waals surface area contributed by atoms with E-state index < -0.39 is 22.5 Å². The molecule has 1 amide bonds. The van der Waals surface area contributed by atoms with E-state index in [4.69, 9.17) is 4.74 Å². The summed E-state index contributed by atoms with van der Waals surface area (Å²) in [7, 11) is 0. The molecule has 2 heterocycles. The van der Waals surface area contributed by atoms with Crippen LogP contribution >= 0.6 is 22.7 Å². The van der Waals surface area contributed by atoms with Gasteiger partial charge in [-0.1, -0.05) is 83.5 Å². The molecule has 10 rings (SSSR count). The third-order valence-corrected chi connectivity index (χ3v) is 18.8. The lowest BCUT2D eigenvalue weighted by Gasteiger charge is -2.71. The van der Waals surface area contributed by atoms with Crippen molar-refractivity contribution in [3.05, 3.63) is 81.4 Å². The number of rotatable bonds is 9. The maximum Gasteiger partial charge on any atom is 0.410 e. The van der Waals surface area contributed by atoms with Gasteiger partial charge in [-0.25, -0.2) is 4.79 Å². The van der Waals surface area contributed by atoms with Gasteiger partial charge in [0.25, 0.3) is 0 Å². The summed E-state index contributed by atoms with van der Waals surface area (Å²) in [5.74, 6) is 1.61. The molecule has 4 fully saturated rings. The molecule has 6 nitrogen and oxygen atoms in total. The molecule has 2 N–H and O–H groups in total. The lowest BCUT2D eigenvalue weighted by atomic mass is 9.32. The predicted octanol–water partition coefficient (Wildman–Crippen LogP) is 10.9. The molecule has 7 aliphatic rings. The van der Waals surface area contributed by atoms with Crippen LogP contribution in [0.1, 0.15) is 113 Å². The van der Waals surface area contributed by atoms with E-state index in [0.29, 0.717) is 37.1 Å². The minimum atomic E-state index is -1.15. The summed E-state index contributed by atoms with van der Waals surface area (Å²) in [6, 6.07) is 14.5. The Morgan fingerprint density at radius 2 is 1.73 bits per heavy atom. The average molecular weight is 796 g/mol. The first-order chi connectivity index (χ1) is 26.7. The molecular weight excluding hydrogens is 735 g/mol. The molecule has 4 saturated carbocycles. The Bertz CT molecular complexity index is 2020. The highest BCUT2D eigenvalue weighted by atomic mass is 32.1. The molecule has 0 saturated heterocycles. The van der Waals surface area contributed by atoms with Crippen molar-refractivity contribution in [1.29, 1.82) is 0 Å². The van der Waals surface area contributed by atoms with E-state index in [-0.39, 0.29) is 47.2 Å². The molecule has 7 aliphatic carbocycles. The third kappa shape index (κ3) is 5.80. The first kappa shape index (κ1) is 38.7. The summed E-state index contributed by atoms with van der Waals surface area (Å²) in [5, 5.41) is 27.6. The molecule has 2 spiro atoms. The van der Waals surface area contributed by atoms with E-state index in [0.717, 1.165) is 78.3 Å². The smallest absolute Gasteiger partial charge is 0.410 e. The second kappa shape index (κ2) is 13.9. The fourth-order valence-electron chi connectivity index (χ4n) is 13.5. The molecule has 2 aromatic heterocycles. The van der Waals surface area contributed by atoms with Crippen LogP contribution in [0, 0.1) is 51.2 Å². The van der Waals surface area contributed by atoms with Gasteiger partial charge in [0.1, 0.15) is 6.10 Å². The quantitative estimate of drug-likeness (QED) is 0.166. The Balaban J connectivity index is 1.08. The minimum absolute atomic E-state index is 0.0150. The molecule has 11 unspecified atom stereocenters. The van der Waals surface area contributed by atoms with Crippen LogP contribution in [0.4, 0.5) is 4.79 Å². The van der Waals surface area contributed by atoms with E-state index in [1.54, 1.807) is 22.7 Å². The van der Waals surface area contributed by atoms with Crippen molar-refractivity contribution in [1.82, 2.24) is 4.90 Å². The maximum atomic E-state index is 15.2. The Hall–Kier alpha value is -2.78. The number of Topliss-reactive ketones (excluding diaryl/α,β-unsaturated/α-hetero) is 1. The van der Waals surface area contributed by atoms with Gasteiger partial charge in [-0.15, -0.1) is 22.7 Å². The number of carbonyl (C=O) groups excluding carboxylic acids is 2. The van der Waals surface area contributed by atoms with Crippen LogP contribution in [0.5, 0.6) is 0 Å². The van der Waals surface area contributed by atoms with E-state index in [1.165, 1.54) is 4.88 Å². The van der Waals surface area contributed by atoms with Crippen molar-refractivity contribution in [2.24, 2.45) is 51.2 Å². The van der Waals surface area contributed by atoms with Gasteiger partial charge in [0.2, 0.25) is 0 Å². The number of fused-ring (bicyclic) bond motifs is 2. The van der Waals surface area contributed by atoms with Crippen molar-refractivity contribution in [3.63, 3.8) is 0 Å². The van der Waals surface area contributed by atoms with Crippen LogP contribution in [-0.4, -0.2) is 57.9 Å². The fraction of sp³-hybridized carbons (Fsp3) is 0.625. The summed E-state index contributed by atoms with van der Waals surface area (Å²) in [6.07, 6.45) is 15.5. The summed E-state index contributed by atoms with van der Waals surface area (Å²) >= 11 is 3.28. The van der Waals surface area contributed by atoms with E-state index in [2.05, 4.69) is 88.6 Å². The highest BCUT2D eigenvalue weighted by Gasteiger charge is 2.74. The van der Waals surface area contributed by atoms with Gasteiger partial charge in [-0.3, -0.25) is 4.79 Å². The molecule has 0 aliphatic heterocycles. The zero-order valence-corrected chi connectivity index (χ0v) is 35.6.